The normalized spacial score (nSPS) is 57.2. The molecule has 0 amide bonds. The molecule has 10 atom stereocenters. The molecule has 6 rings (SSSR count). The van der Waals surface area contributed by atoms with E-state index in [0.29, 0.717) is 45.2 Å². The summed E-state index contributed by atoms with van der Waals surface area (Å²) in [6.45, 7) is 16.1. The fourth-order valence-corrected chi connectivity index (χ4v) is 11.8. The van der Waals surface area contributed by atoms with Gasteiger partial charge in [-0.05, 0) is 117 Å². The quantitative estimate of drug-likeness (QED) is 0.486. The summed E-state index contributed by atoms with van der Waals surface area (Å²) in [5.74, 6) is 3.14. The van der Waals surface area contributed by atoms with Crippen LogP contribution >= 0.6 is 0 Å². The van der Waals surface area contributed by atoms with Gasteiger partial charge >= 0.3 is 0 Å². The van der Waals surface area contributed by atoms with Crippen LogP contribution in [-0.4, -0.2) is 28.7 Å². The molecule has 1 heterocycles. The van der Waals surface area contributed by atoms with Gasteiger partial charge in [0.1, 0.15) is 5.78 Å². The third-order valence-corrected chi connectivity index (χ3v) is 13.5. The first kappa shape index (κ1) is 23.0. The minimum Gasteiger partial charge on any atom is -0.388 e. The molecule has 2 spiro atoms. The van der Waals surface area contributed by atoms with Crippen molar-refractivity contribution in [2.75, 3.05) is 0 Å². The molecule has 3 heteroatoms. The molecule has 8 unspecified atom stereocenters. The summed E-state index contributed by atoms with van der Waals surface area (Å²) in [6, 6.07) is 0. The zero-order chi connectivity index (χ0) is 23.8. The van der Waals surface area contributed by atoms with Crippen molar-refractivity contribution in [1.29, 1.82) is 0 Å². The van der Waals surface area contributed by atoms with Crippen molar-refractivity contribution in [3.8, 4) is 0 Å². The maximum Gasteiger partial charge on any atom is 0.138 e. The molecule has 6 fully saturated rings. The number of carbonyl (C=O) groups excluding carboxylic acids is 1. The molecule has 5 aliphatic carbocycles. The molecule has 0 bridgehead atoms. The van der Waals surface area contributed by atoms with Gasteiger partial charge in [0.05, 0.1) is 17.8 Å². The predicted octanol–water partition coefficient (Wildman–Crippen LogP) is 6.56. The van der Waals surface area contributed by atoms with Crippen LogP contribution in [0.3, 0.4) is 0 Å². The molecule has 1 N–H and O–H groups in total. The Kier molecular flexibility index (Phi) is 4.51. The van der Waals surface area contributed by atoms with Crippen LogP contribution in [-0.2, 0) is 9.53 Å². The average molecular weight is 457 g/mol. The second-order valence-corrected chi connectivity index (χ2v) is 15.3. The lowest BCUT2D eigenvalue weighted by molar-refractivity contribution is -0.157. The van der Waals surface area contributed by atoms with Crippen LogP contribution in [0, 0.1) is 50.7 Å². The molecule has 186 valence electrons. The number of ketones is 1. The zero-order valence-corrected chi connectivity index (χ0v) is 22.3. The number of hydrogen-bond acceptors (Lipinski definition) is 3. The Hall–Kier alpha value is -0.410. The maximum absolute atomic E-state index is 12.9. The van der Waals surface area contributed by atoms with E-state index in [1.165, 1.54) is 44.9 Å². The van der Waals surface area contributed by atoms with Crippen LogP contribution in [0.2, 0.25) is 0 Å². The molecule has 0 aromatic rings. The van der Waals surface area contributed by atoms with Gasteiger partial charge in [-0.15, -0.1) is 0 Å². The van der Waals surface area contributed by atoms with E-state index in [4.69, 9.17) is 4.74 Å². The molecule has 1 saturated heterocycles. The van der Waals surface area contributed by atoms with Crippen LogP contribution in [0.4, 0.5) is 0 Å². The van der Waals surface area contributed by atoms with Crippen molar-refractivity contribution >= 4 is 5.78 Å². The molecule has 0 aromatic carbocycles. The Bertz CT molecular complexity index is 870. The van der Waals surface area contributed by atoms with Gasteiger partial charge in [-0.1, -0.05) is 34.6 Å². The van der Waals surface area contributed by atoms with Gasteiger partial charge in [0.15, 0.2) is 0 Å². The number of fused-ring (bicyclic) bond motifs is 4. The van der Waals surface area contributed by atoms with E-state index < -0.39 is 5.60 Å². The highest BCUT2D eigenvalue weighted by molar-refractivity contribution is 5.86. The zero-order valence-electron chi connectivity index (χ0n) is 22.3. The third kappa shape index (κ3) is 2.58. The first-order chi connectivity index (χ1) is 15.2. The van der Waals surface area contributed by atoms with Crippen LogP contribution in [0.15, 0.2) is 0 Å². The highest BCUT2D eigenvalue weighted by Gasteiger charge is 2.83. The Morgan fingerprint density at radius 2 is 1.58 bits per heavy atom. The second kappa shape index (κ2) is 6.47. The molecule has 5 saturated carbocycles. The van der Waals surface area contributed by atoms with E-state index in [2.05, 4.69) is 34.6 Å². The maximum atomic E-state index is 12.9. The van der Waals surface area contributed by atoms with E-state index >= 15 is 0 Å². The smallest absolute Gasteiger partial charge is 0.138 e. The van der Waals surface area contributed by atoms with E-state index in [-0.39, 0.29) is 17.6 Å². The molecule has 0 aromatic heterocycles. The van der Waals surface area contributed by atoms with Gasteiger partial charge in [-0.25, -0.2) is 0 Å². The Morgan fingerprint density at radius 1 is 0.909 bits per heavy atom. The molecule has 33 heavy (non-hydrogen) atoms. The second-order valence-electron chi connectivity index (χ2n) is 15.3. The minimum absolute atomic E-state index is 0.0515. The molecule has 1 aliphatic heterocycles. The summed E-state index contributed by atoms with van der Waals surface area (Å²) in [5.41, 5.74) is 0.626. The number of ether oxygens (including phenoxy) is 1. The van der Waals surface area contributed by atoms with Gasteiger partial charge < -0.3 is 9.84 Å². The monoisotopic (exact) mass is 456 g/mol. The van der Waals surface area contributed by atoms with Crippen LogP contribution < -0.4 is 0 Å². The van der Waals surface area contributed by atoms with Crippen molar-refractivity contribution in [2.45, 2.75) is 130 Å². The summed E-state index contributed by atoms with van der Waals surface area (Å²) in [5, 5.41) is 10.8. The Balaban J connectivity index is 1.37. The molecule has 0 radical (unpaired) electrons. The third-order valence-electron chi connectivity index (χ3n) is 13.5. The summed E-state index contributed by atoms with van der Waals surface area (Å²) >= 11 is 0. The van der Waals surface area contributed by atoms with Crippen molar-refractivity contribution in [1.82, 2.24) is 0 Å². The van der Waals surface area contributed by atoms with Gasteiger partial charge in [-0.2, -0.15) is 0 Å². The number of aliphatic hydroxyl groups is 1. The first-order valence-corrected chi connectivity index (χ1v) is 14.1. The minimum atomic E-state index is -0.774. The average Bonchev–Trinajstić information content (AvgIpc) is 3.35. The largest absolute Gasteiger partial charge is 0.388 e. The van der Waals surface area contributed by atoms with Crippen LogP contribution in [0.5, 0.6) is 0 Å². The Morgan fingerprint density at radius 3 is 2.27 bits per heavy atom. The standard InChI is InChI=1S/C30H48O3/c1-18-8-11-23(26(4,5)32)33-19-16-28(7)21-10-9-20-25(2,3)22(31)12-13-29(20)17-30(21,29)15-14-27(28,6)24(18)19/h18-21,23-24,32H,8-17H2,1-7H3/t18-,19?,20?,21?,23?,24?,27?,28+,29?,30?/m1/s1. The van der Waals surface area contributed by atoms with Gasteiger partial charge in [-0.3, -0.25) is 4.79 Å². The lowest BCUT2D eigenvalue weighted by atomic mass is 9.42. The Labute approximate surface area is 201 Å². The number of carbonyl (C=O) groups is 1. The van der Waals surface area contributed by atoms with Crippen molar-refractivity contribution in [2.24, 2.45) is 50.7 Å². The highest BCUT2D eigenvalue weighted by atomic mass is 16.5. The van der Waals surface area contributed by atoms with Gasteiger partial charge in [0.25, 0.3) is 0 Å². The number of rotatable bonds is 1. The highest BCUT2D eigenvalue weighted by Crippen LogP contribution is 2.89. The number of hydrogen-bond donors (Lipinski definition) is 1. The number of Topliss-reactive ketones (excluding diaryl/α,β-unsaturated/α-hetero) is 1. The fraction of sp³-hybridized carbons (Fsp3) is 0.967. The molecule has 6 aliphatic rings. The van der Waals surface area contributed by atoms with Gasteiger partial charge in [0.2, 0.25) is 0 Å². The van der Waals surface area contributed by atoms with Crippen molar-refractivity contribution in [3.05, 3.63) is 0 Å². The van der Waals surface area contributed by atoms with Gasteiger partial charge in [0, 0.05) is 11.8 Å². The SMILES string of the molecule is C[C@@H]1CCC(C(C)(C)O)OC2C[C@@]3(C)C4CCC5C(C)(C)C(=O)CCC56CC46CCC3(C)C21. The fourth-order valence-electron chi connectivity index (χ4n) is 11.8. The molecule has 3 nitrogen and oxygen atoms in total. The van der Waals surface area contributed by atoms with E-state index in [1.54, 1.807) is 0 Å². The summed E-state index contributed by atoms with van der Waals surface area (Å²) in [6.07, 6.45) is 12.1. The molecular weight excluding hydrogens is 408 g/mol. The van der Waals surface area contributed by atoms with Crippen LogP contribution in [0.1, 0.15) is 113 Å². The topological polar surface area (TPSA) is 46.5 Å². The summed E-state index contributed by atoms with van der Waals surface area (Å²) in [7, 11) is 0. The first-order valence-electron chi connectivity index (χ1n) is 14.1. The summed E-state index contributed by atoms with van der Waals surface area (Å²) < 4.78 is 6.88. The molecular formula is C30H48O3. The predicted molar refractivity (Wildman–Crippen MR) is 131 cm³/mol. The van der Waals surface area contributed by atoms with Crippen molar-refractivity contribution in [3.63, 3.8) is 0 Å². The lowest BCUT2D eigenvalue weighted by Gasteiger charge is -2.62. The van der Waals surface area contributed by atoms with Crippen LogP contribution in [0.25, 0.3) is 0 Å². The van der Waals surface area contributed by atoms with E-state index in [1.807, 2.05) is 13.8 Å². The van der Waals surface area contributed by atoms with E-state index in [0.717, 1.165) is 25.2 Å². The summed E-state index contributed by atoms with van der Waals surface area (Å²) in [4.78, 5) is 12.9. The lowest BCUT2D eigenvalue weighted by Crippen LogP contribution is -2.57. The van der Waals surface area contributed by atoms with E-state index in [9.17, 15) is 9.90 Å². The van der Waals surface area contributed by atoms with Crippen molar-refractivity contribution < 1.29 is 14.6 Å².